The van der Waals surface area contributed by atoms with Gasteiger partial charge in [0.1, 0.15) is 0 Å². The Bertz CT molecular complexity index is 889. The van der Waals surface area contributed by atoms with Crippen LogP contribution in [0.25, 0.3) is 0 Å². The van der Waals surface area contributed by atoms with Crippen LogP contribution in [0.1, 0.15) is 44.0 Å². The molecule has 1 fully saturated rings. The smallest absolute Gasteiger partial charge is 0.317 e. The van der Waals surface area contributed by atoms with Crippen molar-refractivity contribution in [3.05, 3.63) is 47.8 Å². The zero-order chi connectivity index (χ0) is 19.4. The third-order valence-corrected chi connectivity index (χ3v) is 6.15. The van der Waals surface area contributed by atoms with E-state index in [1.165, 1.54) is 0 Å². The molecule has 3 rings (SSSR count). The predicted octanol–water partition coefficient (Wildman–Crippen LogP) is 2.74. The van der Waals surface area contributed by atoms with Crippen molar-refractivity contribution in [3.8, 4) is 0 Å². The number of imidazole rings is 1. The van der Waals surface area contributed by atoms with Crippen molar-refractivity contribution in [2.75, 3.05) is 13.1 Å². The standard InChI is InChI=1S/C19H26N4O3S/c1-3-20-18(24)22(4-2)13-17-12-21-19(23(17)16-10-11-16)27(25,26)14-15-8-6-5-7-9-15/h5-9,12,16H,3-4,10-11,13-14H2,1-2H3,(H,20,24). The second-order valence-corrected chi connectivity index (χ2v) is 8.61. The summed E-state index contributed by atoms with van der Waals surface area (Å²) >= 11 is 0. The van der Waals surface area contributed by atoms with Crippen LogP contribution in [-0.2, 0) is 22.1 Å². The maximum absolute atomic E-state index is 13.0. The van der Waals surface area contributed by atoms with Gasteiger partial charge >= 0.3 is 6.03 Å². The second kappa shape index (κ2) is 8.12. The summed E-state index contributed by atoms with van der Waals surface area (Å²) in [5.74, 6) is -0.0785. The Morgan fingerprint density at radius 1 is 1.26 bits per heavy atom. The summed E-state index contributed by atoms with van der Waals surface area (Å²) in [5, 5.41) is 2.90. The number of hydrogen-bond acceptors (Lipinski definition) is 4. The topological polar surface area (TPSA) is 84.3 Å². The SMILES string of the molecule is CCNC(=O)N(CC)Cc1cnc(S(=O)(=O)Cc2ccccc2)n1C1CC1. The molecule has 1 heterocycles. The van der Waals surface area contributed by atoms with Gasteiger partial charge in [-0.1, -0.05) is 30.3 Å². The Hall–Kier alpha value is -2.35. The molecule has 0 spiro atoms. The summed E-state index contributed by atoms with van der Waals surface area (Å²) in [6.45, 7) is 5.20. The number of sulfone groups is 1. The predicted molar refractivity (Wildman–Crippen MR) is 103 cm³/mol. The van der Waals surface area contributed by atoms with E-state index in [1.807, 2.05) is 36.6 Å². The van der Waals surface area contributed by atoms with Crippen molar-refractivity contribution in [2.45, 2.75) is 50.2 Å². The molecule has 0 bridgehead atoms. The molecule has 1 aromatic carbocycles. The summed E-state index contributed by atoms with van der Waals surface area (Å²) < 4.78 is 27.8. The van der Waals surface area contributed by atoms with Gasteiger partial charge in [0.25, 0.3) is 0 Å². The van der Waals surface area contributed by atoms with Gasteiger partial charge in [-0.15, -0.1) is 0 Å². The third kappa shape index (κ3) is 4.50. The first-order chi connectivity index (χ1) is 13.0. The van der Waals surface area contributed by atoms with Gasteiger partial charge in [-0.3, -0.25) is 0 Å². The van der Waals surface area contributed by atoms with E-state index in [9.17, 15) is 13.2 Å². The van der Waals surface area contributed by atoms with Crippen molar-refractivity contribution in [1.82, 2.24) is 19.8 Å². The van der Waals surface area contributed by atoms with Crippen molar-refractivity contribution in [3.63, 3.8) is 0 Å². The Morgan fingerprint density at radius 2 is 1.96 bits per heavy atom. The minimum atomic E-state index is -3.57. The van der Waals surface area contributed by atoms with E-state index in [0.29, 0.717) is 19.6 Å². The second-order valence-electron chi connectivity index (χ2n) is 6.73. The lowest BCUT2D eigenvalue weighted by molar-refractivity contribution is 0.197. The highest BCUT2D eigenvalue weighted by Gasteiger charge is 2.34. The normalized spacial score (nSPS) is 14.1. The van der Waals surface area contributed by atoms with Gasteiger partial charge in [0, 0.05) is 19.1 Å². The van der Waals surface area contributed by atoms with Crippen LogP contribution in [0.2, 0.25) is 0 Å². The van der Waals surface area contributed by atoms with Crippen LogP contribution in [0.4, 0.5) is 4.79 Å². The van der Waals surface area contributed by atoms with Gasteiger partial charge in [-0.2, -0.15) is 0 Å². The van der Waals surface area contributed by atoms with Gasteiger partial charge in [-0.05, 0) is 32.3 Å². The van der Waals surface area contributed by atoms with E-state index in [1.54, 1.807) is 23.2 Å². The first-order valence-electron chi connectivity index (χ1n) is 9.31. The molecule has 2 aromatic rings. The van der Waals surface area contributed by atoms with Crippen LogP contribution >= 0.6 is 0 Å². The third-order valence-electron chi connectivity index (χ3n) is 4.58. The maximum atomic E-state index is 13.0. The van der Waals surface area contributed by atoms with E-state index in [2.05, 4.69) is 10.3 Å². The van der Waals surface area contributed by atoms with Crippen molar-refractivity contribution in [2.24, 2.45) is 0 Å². The molecule has 0 unspecified atom stereocenters. The Kier molecular flexibility index (Phi) is 5.84. The van der Waals surface area contributed by atoms with E-state index >= 15 is 0 Å². The molecule has 7 nitrogen and oxygen atoms in total. The largest absolute Gasteiger partial charge is 0.338 e. The van der Waals surface area contributed by atoms with Crippen LogP contribution in [0, 0.1) is 0 Å². The summed E-state index contributed by atoms with van der Waals surface area (Å²) in [6.07, 6.45) is 3.47. The van der Waals surface area contributed by atoms with Crippen molar-refractivity contribution in [1.29, 1.82) is 0 Å². The highest BCUT2D eigenvalue weighted by molar-refractivity contribution is 7.90. The zero-order valence-electron chi connectivity index (χ0n) is 15.8. The number of hydrogen-bond donors (Lipinski definition) is 1. The Balaban J connectivity index is 1.88. The number of nitrogens with zero attached hydrogens (tertiary/aromatic N) is 3. The molecule has 146 valence electrons. The first kappa shape index (κ1) is 19.4. The number of nitrogens with one attached hydrogen (secondary N) is 1. The fraction of sp³-hybridized carbons (Fsp3) is 0.474. The fourth-order valence-corrected chi connectivity index (χ4v) is 4.63. The molecular formula is C19H26N4O3S. The summed E-state index contributed by atoms with van der Waals surface area (Å²) in [5.41, 5.74) is 1.50. The van der Waals surface area contributed by atoms with Crippen molar-refractivity contribution >= 4 is 15.9 Å². The number of carbonyl (C=O) groups excluding carboxylic acids is 1. The molecule has 1 saturated carbocycles. The van der Waals surface area contributed by atoms with Gasteiger partial charge in [0.2, 0.25) is 15.0 Å². The summed E-state index contributed by atoms with van der Waals surface area (Å²) in [4.78, 5) is 18.1. The molecular weight excluding hydrogens is 364 g/mol. The molecule has 0 saturated heterocycles. The molecule has 0 radical (unpaired) electrons. The van der Waals surface area contributed by atoms with Gasteiger partial charge in [0.15, 0.2) is 0 Å². The minimum absolute atomic E-state index is 0.0785. The number of aromatic nitrogens is 2. The van der Waals surface area contributed by atoms with Gasteiger partial charge < -0.3 is 14.8 Å². The van der Waals surface area contributed by atoms with Crippen LogP contribution in [0.3, 0.4) is 0 Å². The Morgan fingerprint density at radius 3 is 2.56 bits per heavy atom. The lowest BCUT2D eigenvalue weighted by Gasteiger charge is -2.22. The van der Waals surface area contributed by atoms with Gasteiger partial charge in [0.05, 0.1) is 24.2 Å². The quantitative estimate of drug-likeness (QED) is 0.751. The average Bonchev–Trinajstić information content (AvgIpc) is 3.39. The molecule has 1 N–H and O–H groups in total. The van der Waals surface area contributed by atoms with E-state index in [0.717, 1.165) is 24.1 Å². The van der Waals surface area contributed by atoms with Crippen molar-refractivity contribution < 1.29 is 13.2 Å². The molecule has 1 aromatic heterocycles. The number of rotatable bonds is 8. The summed E-state index contributed by atoms with van der Waals surface area (Å²) in [6, 6.07) is 9.12. The number of carbonyl (C=O) groups is 1. The number of amides is 2. The fourth-order valence-electron chi connectivity index (χ4n) is 3.09. The monoisotopic (exact) mass is 390 g/mol. The number of benzene rings is 1. The lowest BCUT2D eigenvalue weighted by Crippen LogP contribution is -2.39. The maximum Gasteiger partial charge on any atom is 0.317 e. The highest BCUT2D eigenvalue weighted by Crippen LogP contribution is 2.38. The molecule has 27 heavy (non-hydrogen) atoms. The summed E-state index contributed by atoms with van der Waals surface area (Å²) in [7, 11) is -3.57. The molecule has 0 aliphatic heterocycles. The number of urea groups is 1. The van der Waals surface area contributed by atoms with E-state index in [4.69, 9.17) is 0 Å². The minimum Gasteiger partial charge on any atom is -0.338 e. The molecule has 1 aliphatic carbocycles. The van der Waals surface area contributed by atoms with Crippen LogP contribution in [-0.4, -0.2) is 42.0 Å². The van der Waals surface area contributed by atoms with E-state index < -0.39 is 9.84 Å². The average molecular weight is 391 g/mol. The molecule has 8 heteroatoms. The van der Waals surface area contributed by atoms with Crippen LogP contribution in [0.15, 0.2) is 41.7 Å². The Labute approximate surface area is 160 Å². The molecule has 1 aliphatic rings. The van der Waals surface area contributed by atoms with Gasteiger partial charge in [-0.25, -0.2) is 18.2 Å². The highest BCUT2D eigenvalue weighted by atomic mass is 32.2. The van der Waals surface area contributed by atoms with E-state index in [-0.39, 0.29) is 23.0 Å². The first-order valence-corrected chi connectivity index (χ1v) is 11.0. The van der Waals surface area contributed by atoms with Crippen LogP contribution < -0.4 is 5.32 Å². The molecule has 2 amide bonds. The zero-order valence-corrected chi connectivity index (χ0v) is 16.6. The van der Waals surface area contributed by atoms with Crippen LogP contribution in [0.5, 0.6) is 0 Å². The molecule has 0 atom stereocenters. The lowest BCUT2D eigenvalue weighted by atomic mass is 10.2.